The van der Waals surface area contributed by atoms with Gasteiger partial charge in [-0.15, -0.1) is 0 Å². The van der Waals surface area contributed by atoms with E-state index >= 15 is 0 Å². The third-order valence-electron chi connectivity index (χ3n) is 2.06. The van der Waals surface area contributed by atoms with Gasteiger partial charge in [0.2, 0.25) is 0 Å². The van der Waals surface area contributed by atoms with Crippen LogP contribution in [-0.2, 0) is 9.53 Å². The van der Waals surface area contributed by atoms with Crippen molar-refractivity contribution in [3.63, 3.8) is 0 Å². The Kier molecular flexibility index (Phi) is 5.26. The lowest BCUT2D eigenvalue weighted by Crippen LogP contribution is -2.19. The van der Waals surface area contributed by atoms with Crippen LogP contribution in [0.4, 0.5) is 0 Å². The lowest BCUT2D eigenvalue weighted by atomic mass is 9.87. The molecule has 0 atom stereocenters. The maximum absolute atomic E-state index is 11.0. The normalized spacial score (nSPS) is 10.9. The standard InChI is InChI=1S/C12H21NO2/c1-9(2)11(14)15-8-6-7-10(13)12(3,4)5/h13H,1,6-8H2,2-5H3. The first-order valence-corrected chi connectivity index (χ1v) is 5.15. The zero-order chi connectivity index (χ0) is 12.1. The molecule has 0 aliphatic rings. The molecule has 15 heavy (non-hydrogen) atoms. The molecule has 0 saturated carbocycles. The van der Waals surface area contributed by atoms with Crippen molar-refractivity contribution in [1.29, 1.82) is 5.41 Å². The lowest BCUT2D eigenvalue weighted by Gasteiger charge is -2.19. The second-order valence-corrected chi connectivity index (χ2v) is 4.75. The van der Waals surface area contributed by atoms with Crippen molar-refractivity contribution in [2.45, 2.75) is 40.5 Å². The predicted molar refractivity (Wildman–Crippen MR) is 62.2 cm³/mol. The molecule has 0 aliphatic carbocycles. The monoisotopic (exact) mass is 211 g/mol. The van der Waals surface area contributed by atoms with E-state index in [4.69, 9.17) is 10.1 Å². The maximum Gasteiger partial charge on any atom is 0.333 e. The fourth-order valence-electron chi connectivity index (χ4n) is 0.912. The van der Waals surface area contributed by atoms with E-state index in [0.717, 1.165) is 0 Å². The van der Waals surface area contributed by atoms with Crippen LogP contribution >= 0.6 is 0 Å². The first-order valence-electron chi connectivity index (χ1n) is 5.15. The smallest absolute Gasteiger partial charge is 0.333 e. The van der Waals surface area contributed by atoms with Crippen LogP contribution in [0.2, 0.25) is 0 Å². The largest absolute Gasteiger partial charge is 0.462 e. The van der Waals surface area contributed by atoms with Crippen LogP contribution in [0.1, 0.15) is 40.5 Å². The summed E-state index contributed by atoms with van der Waals surface area (Å²) < 4.78 is 4.93. The van der Waals surface area contributed by atoms with E-state index in [1.54, 1.807) is 6.92 Å². The van der Waals surface area contributed by atoms with Crippen LogP contribution in [-0.4, -0.2) is 18.3 Å². The van der Waals surface area contributed by atoms with E-state index in [9.17, 15) is 4.79 Å². The first kappa shape index (κ1) is 13.9. The van der Waals surface area contributed by atoms with Gasteiger partial charge in [0.15, 0.2) is 0 Å². The van der Waals surface area contributed by atoms with Crippen molar-refractivity contribution in [2.75, 3.05) is 6.61 Å². The predicted octanol–water partition coefficient (Wildman–Crippen LogP) is 2.95. The Hall–Kier alpha value is -1.12. The average molecular weight is 211 g/mol. The third-order valence-corrected chi connectivity index (χ3v) is 2.06. The highest BCUT2D eigenvalue weighted by Gasteiger charge is 2.16. The number of nitrogens with one attached hydrogen (secondary N) is 1. The van der Waals surface area contributed by atoms with Gasteiger partial charge in [0.05, 0.1) is 6.61 Å². The topological polar surface area (TPSA) is 50.2 Å². The molecular formula is C12H21NO2. The molecule has 0 fully saturated rings. The molecule has 0 aromatic rings. The number of hydrogen-bond donors (Lipinski definition) is 1. The molecule has 0 radical (unpaired) electrons. The van der Waals surface area contributed by atoms with Gasteiger partial charge in [-0.2, -0.15) is 0 Å². The van der Waals surface area contributed by atoms with Gasteiger partial charge in [-0.05, 0) is 25.2 Å². The van der Waals surface area contributed by atoms with Crippen molar-refractivity contribution in [1.82, 2.24) is 0 Å². The van der Waals surface area contributed by atoms with E-state index in [2.05, 4.69) is 6.58 Å². The highest BCUT2D eigenvalue weighted by molar-refractivity contribution is 5.87. The van der Waals surface area contributed by atoms with Crippen molar-refractivity contribution in [2.24, 2.45) is 5.41 Å². The summed E-state index contributed by atoms with van der Waals surface area (Å²) in [4.78, 5) is 11.0. The minimum Gasteiger partial charge on any atom is -0.462 e. The summed E-state index contributed by atoms with van der Waals surface area (Å²) in [6.07, 6.45) is 1.38. The number of esters is 1. The summed E-state index contributed by atoms with van der Waals surface area (Å²) in [5.41, 5.74) is 1.02. The number of rotatable bonds is 5. The molecule has 0 heterocycles. The molecule has 3 heteroatoms. The Labute approximate surface area is 92.0 Å². The van der Waals surface area contributed by atoms with Gasteiger partial charge in [0, 0.05) is 11.3 Å². The lowest BCUT2D eigenvalue weighted by molar-refractivity contribution is -0.138. The van der Waals surface area contributed by atoms with Crippen LogP contribution in [0, 0.1) is 10.8 Å². The van der Waals surface area contributed by atoms with Gasteiger partial charge < -0.3 is 10.1 Å². The summed E-state index contributed by atoms with van der Waals surface area (Å²) in [7, 11) is 0. The summed E-state index contributed by atoms with van der Waals surface area (Å²) in [5, 5.41) is 7.75. The molecule has 3 nitrogen and oxygen atoms in total. The fraction of sp³-hybridized carbons (Fsp3) is 0.667. The highest BCUT2D eigenvalue weighted by atomic mass is 16.5. The second-order valence-electron chi connectivity index (χ2n) is 4.75. The third kappa shape index (κ3) is 6.05. The van der Waals surface area contributed by atoms with Crippen molar-refractivity contribution in [3.05, 3.63) is 12.2 Å². The van der Waals surface area contributed by atoms with Crippen LogP contribution < -0.4 is 0 Å². The van der Waals surface area contributed by atoms with Crippen molar-refractivity contribution < 1.29 is 9.53 Å². The Morgan fingerprint density at radius 1 is 1.40 bits per heavy atom. The minimum absolute atomic E-state index is 0.0850. The Morgan fingerprint density at radius 2 is 1.93 bits per heavy atom. The Morgan fingerprint density at radius 3 is 2.33 bits per heavy atom. The van der Waals surface area contributed by atoms with Crippen LogP contribution in [0.3, 0.4) is 0 Å². The zero-order valence-corrected chi connectivity index (χ0v) is 10.1. The molecular weight excluding hydrogens is 190 g/mol. The van der Waals surface area contributed by atoms with Crippen molar-refractivity contribution in [3.8, 4) is 0 Å². The summed E-state index contributed by atoms with van der Waals surface area (Å²) in [6, 6.07) is 0. The molecule has 86 valence electrons. The van der Waals surface area contributed by atoms with Gasteiger partial charge in [-0.25, -0.2) is 4.79 Å². The molecule has 0 aromatic heterocycles. The van der Waals surface area contributed by atoms with Crippen LogP contribution in [0.15, 0.2) is 12.2 Å². The fourth-order valence-corrected chi connectivity index (χ4v) is 0.912. The number of hydrogen-bond acceptors (Lipinski definition) is 3. The molecule has 0 bridgehead atoms. The highest BCUT2D eigenvalue weighted by Crippen LogP contribution is 2.17. The molecule has 1 N–H and O–H groups in total. The van der Waals surface area contributed by atoms with Gasteiger partial charge in [0.1, 0.15) is 0 Å². The van der Waals surface area contributed by atoms with Crippen molar-refractivity contribution >= 4 is 11.7 Å². The van der Waals surface area contributed by atoms with Gasteiger partial charge in [-0.3, -0.25) is 0 Å². The molecule has 0 unspecified atom stereocenters. The molecule has 0 saturated heterocycles. The van der Waals surface area contributed by atoms with Crippen LogP contribution in [0.25, 0.3) is 0 Å². The van der Waals surface area contributed by atoms with Gasteiger partial charge in [0.25, 0.3) is 0 Å². The second kappa shape index (κ2) is 5.69. The molecule has 0 aromatic carbocycles. The van der Waals surface area contributed by atoms with Gasteiger partial charge >= 0.3 is 5.97 Å². The minimum atomic E-state index is -0.350. The SMILES string of the molecule is C=C(C)C(=O)OCCCC(=N)C(C)(C)C. The Bertz CT molecular complexity index is 261. The van der Waals surface area contributed by atoms with E-state index in [0.29, 0.717) is 30.7 Å². The summed E-state index contributed by atoms with van der Waals surface area (Å²) in [5.74, 6) is -0.350. The quantitative estimate of drug-likeness (QED) is 0.329. The summed E-state index contributed by atoms with van der Waals surface area (Å²) >= 11 is 0. The summed E-state index contributed by atoms with van der Waals surface area (Å²) in [6.45, 7) is 11.5. The van der Waals surface area contributed by atoms with E-state index in [-0.39, 0.29) is 11.4 Å². The molecule has 0 aliphatic heterocycles. The van der Waals surface area contributed by atoms with E-state index in [1.807, 2.05) is 20.8 Å². The molecule has 0 rings (SSSR count). The van der Waals surface area contributed by atoms with E-state index < -0.39 is 0 Å². The molecule has 0 spiro atoms. The van der Waals surface area contributed by atoms with Gasteiger partial charge in [-0.1, -0.05) is 27.4 Å². The van der Waals surface area contributed by atoms with Crippen LogP contribution in [0.5, 0.6) is 0 Å². The molecule has 0 amide bonds. The average Bonchev–Trinajstić information content (AvgIpc) is 2.09. The number of carbonyl (C=O) groups is 1. The number of ether oxygens (including phenoxy) is 1. The zero-order valence-electron chi connectivity index (χ0n) is 10.1. The Balaban J connectivity index is 3.69. The number of carbonyl (C=O) groups excluding carboxylic acids is 1. The maximum atomic E-state index is 11.0. The first-order chi connectivity index (χ1) is 6.75. The van der Waals surface area contributed by atoms with E-state index in [1.165, 1.54) is 0 Å².